The number of aromatic nitrogens is 2. The predicted octanol–water partition coefficient (Wildman–Crippen LogP) is 3.20. The molecule has 0 atom stereocenters. The second kappa shape index (κ2) is 5.28. The molecule has 0 aliphatic rings. The van der Waals surface area contributed by atoms with Gasteiger partial charge in [-0.1, -0.05) is 24.3 Å². The van der Waals surface area contributed by atoms with Crippen LogP contribution < -0.4 is 0 Å². The van der Waals surface area contributed by atoms with Crippen LogP contribution in [-0.4, -0.2) is 20.9 Å². The van der Waals surface area contributed by atoms with Gasteiger partial charge >= 0.3 is 5.97 Å². The van der Waals surface area contributed by atoms with Crippen molar-refractivity contribution in [3.05, 3.63) is 65.5 Å². The summed E-state index contributed by atoms with van der Waals surface area (Å²) < 4.78 is 6.89. The number of carboxylic acid groups (broad SMARTS) is 1. The van der Waals surface area contributed by atoms with Crippen LogP contribution >= 0.6 is 0 Å². The molecule has 2 heterocycles. The fourth-order valence-electron chi connectivity index (χ4n) is 2.22. The van der Waals surface area contributed by atoms with Crippen LogP contribution in [0.3, 0.4) is 0 Å². The number of aromatic carboxylic acids is 1. The summed E-state index contributed by atoms with van der Waals surface area (Å²) in [5.74, 6) is -0.562. The van der Waals surface area contributed by atoms with Crippen LogP contribution in [0.25, 0.3) is 11.5 Å². The van der Waals surface area contributed by atoms with Gasteiger partial charge in [-0.15, -0.1) is 0 Å². The number of rotatable bonds is 4. The molecule has 1 aromatic carbocycles. The van der Waals surface area contributed by atoms with Gasteiger partial charge in [0.15, 0.2) is 5.76 Å². The highest BCUT2D eigenvalue weighted by molar-refractivity contribution is 5.93. The molecule has 5 nitrogen and oxygen atoms in total. The summed E-state index contributed by atoms with van der Waals surface area (Å²) in [5.41, 5.74) is 2.73. The number of hydrogen-bond donors (Lipinski definition) is 1. The van der Waals surface area contributed by atoms with Crippen LogP contribution in [0.4, 0.5) is 0 Å². The van der Waals surface area contributed by atoms with Crippen molar-refractivity contribution >= 4 is 5.97 Å². The molecule has 0 saturated heterocycles. The summed E-state index contributed by atoms with van der Waals surface area (Å²) in [6.07, 6.45) is 3.04. The number of benzene rings is 1. The third-order valence-corrected chi connectivity index (χ3v) is 3.34. The quantitative estimate of drug-likeness (QED) is 0.798. The minimum Gasteiger partial charge on any atom is -0.478 e. The van der Waals surface area contributed by atoms with E-state index >= 15 is 0 Å². The maximum absolute atomic E-state index is 11.4. The SMILES string of the molecule is Cc1ccccc1Cn1cc(C(=O)O)c(-c2ccco2)n1. The second-order valence-electron chi connectivity index (χ2n) is 4.80. The van der Waals surface area contributed by atoms with E-state index in [9.17, 15) is 9.90 Å². The van der Waals surface area contributed by atoms with Gasteiger partial charge in [0, 0.05) is 6.20 Å². The van der Waals surface area contributed by atoms with E-state index in [1.807, 2.05) is 31.2 Å². The van der Waals surface area contributed by atoms with E-state index in [2.05, 4.69) is 5.10 Å². The molecule has 0 aliphatic heterocycles. The Hall–Kier alpha value is -2.82. The molecular weight excluding hydrogens is 268 g/mol. The predicted molar refractivity (Wildman–Crippen MR) is 77.2 cm³/mol. The van der Waals surface area contributed by atoms with Gasteiger partial charge < -0.3 is 9.52 Å². The van der Waals surface area contributed by atoms with Crippen LogP contribution in [0.15, 0.2) is 53.3 Å². The normalized spacial score (nSPS) is 10.7. The van der Waals surface area contributed by atoms with Crippen molar-refractivity contribution in [2.75, 3.05) is 0 Å². The number of carbonyl (C=O) groups is 1. The van der Waals surface area contributed by atoms with E-state index in [1.165, 1.54) is 12.5 Å². The van der Waals surface area contributed by atoms with Gasteiger partial charge in [0.2, 0.25) is 0 Å². The Labute approximate surface area is 121 Å². The summed E-state index contributed by atoms with van der Waals surface area (Å²) in [5, 5.41) is 13.7. The summed E-state index contributed by atoms with van der Waals surface area (Å²) in [7, 11) is 0. The highest BCUT2D eigenvalue weighted by Gasteiger charge is 2.19. The molecule has 0 unspecified atom stereocenters. The molecule has 0 amide bonds. The number of furan rings is 1. The fourth-order valence-corrected chi connectivity index (χ4v) is 2.22. The van der Waals surface area contributed by atoms with Crippen molar-refractivity contribution < 1.29 is 14.3 Å². The first-order chi connectivity index (χ1) is 10.1. The molecule has 0 spiro atoms. The molecule has 21 heavy (non-hydrogen) atoms. The topological polar surface area (TPSA) is 68.3 Å². The minimum atomic E-state index is -1.02. The Kier molecular flexibility index (Phi) is 3.31. The Morgan fingerprint density at radius 2 is 2.10 bits per heavy atom. The molecule has 5 heteroatoms. The third-order valence-electron chi connectivity index (χ3n) is 3.34. The summed E-state index contributed by atoms with van der Waals surface area (Å²) in [6, 6.07) is 11.4. The van der Waals surface area contributed by atoms with Gasteiger partial charge in [0.1, 0.15) is 11.3 Å². The standard InChI is InChI=1S/C16H14N2O3/c1-11-5-2-3-6-12(11)9-18-10-13(16(19)20)15(17-18)14-7-4-8-21-14/h2-8,10H,9H2,1H3,(H,19,20). The Morgan fingerprint density at radius 1 is 1.29 bits per heavy atom. The number of nitrogens with zero attached hydrogens (tertiary/aromatic N) is 2. The average Bonchev–Trinajstić information content (AvgIpc) is 3.10. The lowest BCUT2D eigenvalue weighted by molar-refractivity contribution is 0.0697. The first kappa shape index (κ1) is 13.2. The monoisotopic (exact) mass is 282 g/mol. The van der Waals surface area contributed by atoms with Crippen molar-refractivity contribution in [1.29, 1.82) is 0 Å². The molecule has 3 rings (SSSR count). The van der Waals surface area contributed by atoms with Gasteiger partial charge in [-0.05, 0) is 30.2 Å². The van der Waals surface area contributed by atoms with Crippen LogP contribution in [0.2, 0.25) is 0 Å². The zero-order chi connectivity index (χ0) is 14.8. The molecule has 0 fully saturated rings. The Morgan fingerprint density at radius 3 is 2.76 bits per heavy atom. The first-order valence-electron chi connectivity index (χ1n) is 6.54. The third kappa shape index (κ3) is 2.58. The van der Waals surface area contributed by atoms with Crippen LogP contribution in [0.5, 0.6) is 0 Å². The van der Waals surface area contributed by atoms with E-state index < -0.39 is 5.97 Å². The number of aryl methyl sites for hydroxylation is 1. The van der Waals surface area contributed by atoms with E-state index in [0.717, 1.165) is 11.1 Å². The zero-order valence-corrected chi connectivity index (χ0v) is 11.5. The van der Waals surface area contributed by atoms with Crippen molar-refractivity contribution in [3.8, 4) is 11.5 Å². The molecule has 1 N–H and O–H groups in total. The molecule has 0 radical (unpaired) electrons. The Bertz CT molecular complexity index is 773. The molecule has 3 aromatic rings. The van der Waals surface area contributed by atoms with Crippen LogP contribution in [0.1, 0.15) is 21.5 Å². The lowest BCUT2D eigenvalue weighted by Gasteiger charge is -2.05. The maximum atomic E-state index is 11.4. The molecule has 0 saturated carbocycles. The fraction of sp³-hybridized carbons (Fsp3) is 0.125. The van der Waals surface area contributed by atoms with Crippen molar-refractivity contribution in [2.24, 2.45) is 0 Å². The lowest BCUT2D eigenvalue weighted by Crippen LogP contribution is -2.02. The highest BCUT2D eigenvalue weighted by atomic mass is 16.4. The molecular formula is C16H14N2O3. The van der Waals surface area contributed by atoms with Gasteiger partial charge in [-0.3, -0.25) is 4.68 Å². The van der Waals surface area contributed by atoms with Gasteiger partial charge in [-0.25, -0.2) is 4.79 Å². The van der Waals surface area contributed by atoms with Crippen molar-refractivity contribution in [1.82, 2.24) is 9.78 Å². The van der Waals surface area contributed by atoms with E-state index in [-0.39, 0.29) is 5.56 Å². The van der Waals surface area contributed by atoms with Crippen molar-refractivity contribution in [3.63, 3.8) is 0 Å². The zero-order valence-electron chi connectivity index (χ0n) is 11.5. The smallest absolute Gasteiger partial charge is 0.339 e. The Balaban J connectivity index is 2.00. The second-order valence-corrected chi connectivity index (χ2v) is 4.80. The number of hydrogen-bond acceptors (Lipinski definition) is 3. The molecule has 0 bridgehead atoms. The van der Waals surface area contributed by atoms with E-state index in [4.69, 9.17) is 4.42 Å². The summed E-state index contributed by atoms with van der Waals surface area (Å²) in [4.78, 5) is 11.4. The largest absolute Gasteiger partial charge is 0.478 e. The highest BCUT2D eigenvalue weighted by Crippen LogP contribution is 2.23. The van der Waals surface area contributed by atoms with Gasteiger partial charge in [0.05, 0.1) is 12.8 Å². The molecule has 2 aromatic heterocycles. The molecule has 0 aliphatic carbocycles. The molecule has 106 valence electrons. The number of carboxylic acids is 1. The van der Waals surface area contributed by atoms with Crippen LogP contribution in [0, 0.1) is 6.92 Å². The van der Waals surface area contributed by atoms with Crippen molar-refractivity contribution in [2.45, 2.75) is 13.5 Å². The van der Waals surface area contributed by atoms with Crippen LogP contribution in [-0.2, 0) is 6.54 Å². The van der Waals surface area contributed by atoms with Gasteiger partial charge in [-0.2, -0.15) is 5.10 Å². The summed E-state index contributed by atoms with van der Waals surface area (Å²) >= 11 is 0. The maximum Gasteiger partial charge on any atom is 0.339 e. The summed E-state index contributed by atoms with van der Waals surface area (Å²) in [6.45, 7) is 2.54. The average molecular weight is 282 g/mol. The lowest BCUT2D eigenvalue weighted by atomic mass is 10.1. The first-order valence-corrected chi connectivity index (χ1v) is 6.54. The minimum absolute atomic E-state index is 0.138. The van der Waals surface area contributed by atoms with Gasteiger partial charge in [0.25, 0.3) is 0 Å². The van der Waals surface area contributed by atoms with E-state index in [0.29, 0.717) is 18.0 Å². The van der Waals surface area contributed by atoms with E-state index in [1.54, 1.807) is 16.8 Å².